The predicted octanol–water partition coefficient (Wildman–Crippen LogP) is 4.73. The molecule has 88 valence electrons. The molecule has 0 fully saturated rings. The van der Waals surface area contributed by atoms with Gasteiger partial charge in [0.05, 0.1) is 6.20 Å². The predicted molar refractivity (Wildman–Crippen MR) is 77.7 cm³/mol. The van der Waals surface area contributed by atoms with Crippen molar-refractivity contribution in [3.63, 3.8) is 0 Å². The second kappa shape index (κ2) is 3.04. The summed E-state index contributed by atoms with van der Waals surface area (Å²) in [7, 11) is 0. The van der Waals surface area contributed by atoms with Gasteiger partial charge in [-0.1, -0.05) is 41.6 Å². The normalized spacial score (nSPS) is 12.2. The van der Waals surface area contributed by atoms with E-state index in [1.165, 1.54) is 26.9 Å². The average Bonchev–Trinajstić information content (AvgIpc) is 2.92. The van der Waals surface area contributed by atoms with Crippen LogP contribution in [0.15, 0.2) is 59.3 Å². The Morgan fingerprint density at radius 3 is 2.42 bits per heavy atom. The van der Waals surface area contributed by atoms with Crippen molar-refractivity contribution in [1.82, 2.24) is 5.16 Å². The lowest BCUT2D eigenvalue weighted by atomic mass is 9.93. The monoisotopic (exact) mass is 243 g/mol. The second-order valence-corrected chi connectivity index (χ2v) is 4.98. The Labute approximate surface area is 108 Å². The molecule has 0 radical (unpaired) electrons. The van der Waals surface area contributed by atoms with Crippen LogP contribution in [0, 0.1) is 0 Å². The lowest BCUT2D eigenvalue weighted by Gasteiger charge is -2.10. The molecule has 0 N–H and O–H groups in total. The summed E-state index contributed by atoms with van der Waals surface area (Å²) in [6.45, 7) is 0. The quantitative estimate of drug-likeness (QED) is 0.368. The molecular formula is C17H9NO. The first kappa shape index (κ1) is 9.34. The fourth-order valence-electron chi connectivity index (χ4n) is 3.14. The minimum Gasteiger partial charge on any atom is -0.356 e. The number of hydrogen-bond acceptors (Lipinski definition) is 2. The second-order valence-electron chi connectivity index (χ2n) is 4.98. The fraction of sp³-hybridized carbons (Fsp3) is 0. The number of nitrogens with zero attached hydrogens (tertiary/aromatic N) is 1. The van der Waals surface area contributed by atoms with Crippen LogP contribution < -0.4 is 0 Å². The maximum Gasteiger partial charge on any atom is 0.174 e. The highest BCUT2D eigenvalue weighted by atomic mass is 16.5. The van der Waals surface area contributed by atoms with E-state index < -0.39 is 0 Å². The molecule has 4 aromatic carbocycles. The molecule has 0 aliphatic rings. The standard InChI is InChI=1S/C17H9NO/c1-2-10-4-5-12-8-13-9-18-19-17(13)14-7-6-11(3-1)15(10)16(12)14/h1-9H. The summed E-state index contributed by atoms with van der Waals surface area (Å²) in [6, 6.07) is 17.2. The number of hydrogen-bond donors (Lipinski definition) is 0. The van der Waals surface area contributed by atoms with Crippen LogP contribution in [0.4, 0.5) is 0 Å². The van der Waals surface area contributed by atoms with Crippen molar-refractivity contribution < 1.29 is 4.52 Å². The van der Waals surface area contributed by atoms with Crippen LogP contribution in [-0.2, 0) is 0 Å². The first-order chi connectivity index (χ1) is 9.42. The third-order valence-electron chi connectivity index (χ3n) is 3.96. The number of benzene rings is 4. The maximum absolute atomic E-state index is 5.42. The smallest absolute Gasteiger partial charge is 0.174 e. The van der Waals surface area contributed by atoms with Gasteiger partial charge in [-0.05, 0) is 33.7 Å². The van der Waals surface area contributed by atoms with E-state index >= 15 is 0 Å². The number of rotatable bonds is 0. The maximum atomic E-state index is 5.42. The molecular weight excluding hydrogens is 234 g/mol. The van der Waals surface area contributed by atoms with E-state index in [0.717, 1.165) is 16.4 Å². The van der Waals surface area contributed by atoms with Gasteiger partial charge < -0.3 is 4.52 Å². The minimum atomic E-state index is 0.880. The highest BCUT2D eigenvalue weighted by Gasteiger charge is 2.12. The Kier molecular flexibility index (Phi) is 1.49. The molecule has 0 saturated carbocycles. The molecule has 0 amide bonds. The van der Waals surface area contributed by atoms with Gasteiger partial charge in [0.15, 0.2) is 5.58 Å². The summed E-state index contributed by atoms with van der Waals surface area (Å²) < 4.78 is 5.42. The summed E-state index contributed by atoms with van der Waals surface area (Å²) in [6.07, 6.45) is 1.78. The summed E-state index contributed by atoms with van der Waals surface area (Å²) in [4.78, 5) is 0. The van der Waals surface area contributed by atoms with Gasteiger partial charge >= 0.3 is 0 Å². The van der Waals surface area contributed by atoms with Crippen molar-refractivity contribution in [3.05, 3.63) is 54.7 Å². The van der Waals surface area contributed by atoms with Crippen molar-refractivity contribution in [1.29, 1.82) is 0 Å². The Balaban J connectivity index is 2.27. The van der Waals surface area contributed by atoms with Crippen LogP contribution >= 0.6 is 0 Å². The van der Waals surface area contributed by atoms with Crippen LogP contribution in [0.1, 0.15) is 0 Å². The number of fused-ring (bicyclic) bond motifs is 2. The third-order valence-corrected chi connectivity index (χ3v) is 3.96. The van der Waals surface area contributed by atoms with Crippen molar-refractivity contribution in [2.45, 2.75) is 0 Å². The van der Waals surface area contributed by atoms with E-state index in [0.29, 0.717) is 0 Å². The van der Waals surface area contributed by atoms with Crippen molar-refractivity contribution >= 4 is 43.3 Å². The summed E-state index contributed by atoms with van der Waals surface area (Å²) in [5.74, 6) is 0. The van der Waals surface area contributed by atoms with Gasteiger partial charge in [-0.2, -0.15) is 0 Å². The Hall–Kier alpha value is -2.61. The molecule has 0 spiro atoms. The van der Waals surface area contributed by atoms with E-state index in [-0.39, 0.29) is 0 Å². The average molecular weight is 243 g/mol. The molecule has 1 heterocycles. The molecule has 2 heteroatoms. The van der Waals surface area contributed by atoms with Gasteiger partial charge in [0.1, 0.15) is 0 Å². The van der Waals surface area contributed by atoms with Crippen molar-refractivity contribution in [3.8, 4) is 0 Å². The van der Waals surface area contributed by atoms with Gasteiger partial charge in [-0.15, -0.1) is 0 Å². The van der Waals surface area contributed by atoms with E-state index in [2.05, 4.69) is 53.7 Å². The van der Waals surface area contributed by atoms with Crippen LogP contribution in [-0.4, -0.2) is 5.16 Å². The SMILES string of the molecule is c1cc2ccc3cc4cnoc4c4ccc(c1)c2c34. The molecule has 0 atom stereocenters. The van der Waals surface area contributed by atoms with Crippen LogP contribution in [0.3, 0.4) is 0 Å². The number of aromatic nitrogens is 1. The lowest BCUT2D eigenvalue weighted by Crippen LogP contribution is -1.83. The Bertz CT molecular complexity index is 1040. The fourth-order valence-corrected chi connectivity index (χ4v) is 3.14. The van der Waals surface area contributed by atoms with Crippen LogP contribution in [0.2, 0.25) is 0 Å². The molecule has 2 nitrogen and oxygen atoms in total. The Morgan fingerprint density at radius 2 is 1.53 bits per heavy atom. The molecule has 0 unspecified atom stereocenters. The van der Waals surface area contributed by atoms with E-state index in [4.69, 9.17) is 4.52 Å². The van der Waals surface area contributed by atoms with Gasteiger partial charge in [0.25, 0.3) is 0 Å². The zero-order valence-corrected chi connectivity index (χ0v) is 10.1. The first-order valence-electron chi connectivity index (χ1n) is 6.33. The zero-order chi connectivity index (χ0) is 12.4. The summed E-state index contributed by atoms with van der Waals surface area (Å²) >= 11 is 0. The van der Waals surface area contributed by atoms with Gasteiger partial charge in [-0.3, -0.25) is 0 Å². The molecule has 1 aromatic heterocycles. The lowest BCUT2D eigenvalue weighted by molar-refractivity contribution is 0.458. The van der Waals surface area contributed by atoms with Crippen molar-refractivity contribution in [2.24, 2.45) is 0 Å². The topological polar surface area (TPSA) is 26.0 Å². The molecule has 5 aromatic rings. The molecule has 5 rings (SSSR count). The van der Waals surface area contributed by atoms with Gasteiger partial charge in [0.2, 0.25) is 0 Å². The zero-order valence-electron chi connectivity index (χ0n) is 10.1. The summed E-state index contributed by atoms with van der Waals surface area (Å²) in [5, 5.41) is 12.5. The van der Waals surface area contributed by atoms with Gasteiger partial charge in [0, 0.05) is 16.2 Å². The van der Waals surface area contributed by atoms with Crippen LogP contribution in [0.25, 0.3) is 43.3 Å². The van der Waals surface area contributed by atoms with Gasteiger partial charge in [-0.25, -0.2) is 0 Å². The van der Waals surface area contributed by atoms with E-state index in [1.807, 2.05) is 0 Å². The minimum absolute atomic E-state index is 0.880. The molecule has 0 aliphatic heterocycles. The largest absolute Gasteiger partial charge is 0.356 e. The molecule has 0 bridgehead atoms. The highest BCUT2D eigenvalue weighted by Crippen LogP contribution is 2.38. The Morgan fingerprint density at radius 1 is 0.737 bits per heavy atom. The third kappa shape index (κ3) is 1.04. The van der Waals surface area contributed by atoms with Crippen molar-refractivity contribution in [2.75, 3.05) is 0 Å². The first-order valence-corrected chi connectivity index (χ1v) is 6.33. The highest BCUT2D eigenvalue weighted by molar-refractivity contribution is 6.27. The molecule has 0 aliphatic carbocycles. The van der Waals surface area contributed by atoms with E-state index in [9.17, 15) is 0 Å². The van der Waals surface area contributed by atoms with Crippen LogP contribution in [0.5, 0.6) is 0 Å². The molecule has 0 saturated heterocycles. The van der Waals surface area contributed by atoms with E-state index in [1.54, 1.807) is 6.20 Å². The summed E-state index contributed by atoms with van der Waals surface area (Å²) in [5.41, 5.74) is 0.880. The molecule has 19 heavy (non-hydrogen) atoms.